The standard InChI is InChI=1S/C9H4Br2NOS/c10-6-3-7(11)5-8(4-6)13-9-12-1-2-14-9/h1,3-5H. The Labute approximate surface area is 102 Å². The molecule has 0 aliphatic carbocycles. The molecule has 1 radical (unpaired) electrons. The Hall–Kier alpha value is -0.390. The zero-order chi connectivity index (χ0) is 9.97. The molecule has 71 valence electrons. The van der Waals surface area contributed by atoms with Crippen molar-refractivity contribution in [3.63, 3.8) is 0 Å². The maximum atomic E-state index is 5.50. The summed E-state index contributed by atoms with van der Waals surface area (Å²) in [5, 5.41) is 3.45. The molecule has 2 rings (SSSR count). The normalized spacial score (nSPS) is 10.1. The quantitative estimate of drug-likeness (QED) is 0.819. The summed E-state index contributed by atoms with van der Waals surface area (Å²) in [4.78, 5) is 3.98. The van der Waals surface area contributed by atoms with E-state index < -0.39 is 0 Å². The molecule has 14 heavy (non-hydrogen) atoms. The van der Waals surface area contributed by atoms with Crippen molar-refractivity contribution in [2.45, 2.75) is 0 Å². The van der Waals surface area contributed by atoms with E-state index in [0.717, 1.165) is 14.7 Å². The summed E-state index contributed by atoms with van der Waals surface area (Å²) in [6, 6.07) is 5.71. The highest BCUT2D eigenvalue weighted by Gasteiger charge is 2.01. The van der Waals surface area contributed by atoms with Gasteiger partial charge in [0, 0.05) is 8.95 Å². The molecular formula is C9H4Br2NOS. The molecule has 1 heterocycles. The van der Waals surface area contributed by atoms with Crippen LogP contribution in [-0.4, -0.2) is 4.98 Å². The highest BCUT2D eigenvalue weighted by molar-refractivity contribution is 9.11. The second-order valence-corrected chi connectivity index (χ2v) is 5.07. The Bertz CT molecular complexity index is 410. The van der Waals surface area contributed by atoms with Gasteiger partial charge in [-0.1, -0.05) is 43.2 Å². The minimum Gasteiger partial charge on any atom is -0.431 e. The van der Waals surface area contributed by atoms with E-state index in [1.54, 1.807) is 6.20 Å². The number of nitrogens with zero attached hydrogens (tertiary/aromatic N) is 1. The molecule has 0 spiro atoms. The fourth-order valence-corrected chi connectivity index (χ4v) is 2.62. The number of hydrogen-bond donors (Lipinski definition) is 0. The molecule has 2 aromatic rings. The molecule has 1 aromatic carbocycles. The molecule has 0 bridgehead atoms. The van der Waals surface area contributed by atoms with Crippen LogP contribution in [0.25, 0.3) is 0 Å². The van der Waals surface area contributed by atoms with Crippen LogP contribution in [0, 0.1) is 5.38 Å². The highest BCUT2D eigenvalue weighted by atomic mass is 79.9. The van der Waals surface area contributed by atoms with E-state index in [4.69, 9.17) is 4.74 Å². The zero-order valence-corrected chi connectivity index (χ0v) is 10.8. The van der Waals surface area contributed by atoms with Gasteiger partial charge in [-0.25, -0.2) is 4.98 Å². The van der Waals surface area contributed by atoms with Crippen molar-refractivity contribution >= 4 is 43.2 Å². The number of aromatic nitrogens is 1. The number of rotatable bonds is 2. The lowest BCUT2D eigenvalue weighted by Crippen LogP contribution is -1.82. The summed E-state index contributed by atoms with van der Waals surface area (Å²) in [6.07, 6.45) is 1.59. The number of hydrogen-bond acceptors (Lipinski definition) is 3. The predicted octanol–water partition coefficient (Wildman–Crippen LogP) is 4.26. The minimum atomic E-state index is 0.593. The van der Waals surface area contributed by atoms with Crippen molar-refractivity contribution in [3.8, 4) is 10.9 Å². The first-order valence-corrected chi connectivity index (χ1v) is 6.10. The SMILES string of the molecule is Brc1cc(Br)cc(Oc2nc[c]s2)c1. The van der Waals surface area contributed by atoms with E-state index in [1.165, 1.54) is 11.3 Å². The topological polar surface area (TPSA) is 22.1 Å². The average molecular weight is 334 g/mol. The van der Waals surface area contributed by atoms with Crippen LogP contribution in [0.5, 0.6) is 10.9 Å². The van der Waals surface area contributed by atoms with Crippen molar-refractivity contribution < 1.29 is 4.74 Å². The summed E-state index contributed by atoms with van der Waals surface area (Å²) >= 11 is 8.11. The van der Waals surface area contributed by atoms with Crippen molar-refractivity contribution in [2.75, 3.05) is 0 Å². The summed E-state index contributed by atoms with van der Waals surface area (Å²) in [5.74, 6) is 0.745. The lowest BCUT2D eigenvalue weighted by molar-refractivity contribution is 0.478. The van der Waals surface area contributed by atoms with Crippen LogP contribution in [0.15, 0.2) is 33.3 Å². The molecule has 0 saturated carbocycles. The molecule has 2 nitrogen and oxygen atoms in total. The van der Waals surface area contributed by atoms with Gasteiger partial charge in [0.2, 0.25) is 0 Å². The highest BCUT2D eigenvalue weighted by Crippen LogP contribution is 2.29. The molecule has 0 N–H and O–H groups in total. The van der Waals surface area contributed by atoms with Gasteiger partial charge in [-0.15, -0.1) is 0 Å². The first-order valence-electron chi connectivity index (χ1n) is 3.70. The Morgan fingerprint density at radius 3 is 2.50 bits per heavy atom. The van der Waals surface area contributed by atoms with Gasteiger partial charge in [-0.3, -0.25) is 0 Å². The molecule has 0 fully saturated rings. The fourth-order valence-electron chi connectivity index (χ4n) is 0.918. The Morgan fingerprint density at radius 1 is 1.21 bits per heavy atom. The van der Waals surface area contributed by atoms with E-state index in [9.17, 15) is 0 Å². The third kappa shape index (κ3) is 2.56. The predicted molar refractivity (Wildman–Crippen MR) is 62.9 cm³/mol. The zero-order valence-electron chi connectivity index (χ0n) is 6.83. The van der Waals surface area contributed by atoms with Gasteiger partial charge in [-0.2, -0.15) is 0 Å². The first-order chi connectivity index (χ1) is 6.74. The number of benzene rings is 1. The smallest absolute Gasteiger partial charge is 0.279 e. The largest absolute Gasteiger partial charge is 0.431 e. The third-order valence-corrected chi connectivity index (χ3v) is 2.91. The van der Waals surface area contributed by atoms with Gasteiger partial charge in [0.15, 0.2) is 0 Å². The molecular weight excluding hydrogens is 330 g/mol. The first kappa shape index (κ1) is 10.1. The number of ether oxygens (including phenoxy) is 1. The second kappa shape index (κ2) is 4.42. The van der Waals surface area contributed by atoms with Crippen LogP contribution in [-0.2, 0) is 0 Å². The van der Waals surface area contributed by atoms with Gasteiger partial charge in [0.1, 0.15) is 5.75 Å². The summed E-state index contributed by atoms with van der Waals surface area (Å²) < 4.78 is 7.42. The summed E-state index contributed by atoms with van der Waals surface area (Å²) in [5.41, 5.74) is 0. The van der Waals surface area contributed by atoms with Crippen LogP contribution in [0.4, 0.5) is 0 Å². The van der Waals surface area contributed by atoms with Crippen LogP contribution in [0.1, 0.15) is 0 Å². The van der Waals surface area contributed by atoms with Crippen molar-refractivity contribution in [1.82, 2.24) is 4.98 Å². The molecule has 0 saturated heterocycles. The van der Waals surface area contributed by atoms with E-state index in [2.05, 4.69) is 42.2 Å². The van der Waals surface area contributed by atoms with Gasteiger partial charge in [0.25, 0.3) is 5.19 Å². The lowest BCUT2D eigenvalue weighted by Gasteiger charge is -2.02. The molecule has 0 atom stereocenters. The lowest BCUT2D eigenvalue weighted by atomic mass is 10.3. The summed E-state index contributed by atoms with van der Waals surface area (Å²) in [6.45, 7) is 0. The van der Waals surface area contributed by atoms with Crippen molar-refractivity contribution in [1.29, 1.82) is 0 Å². The minimum absolute atomic E-state index is 0.593. The van der Waals surface area contributed by atoms with E-state index in [-0.39, 0.29) is 0 Å². The van der Waals surface area contributed by atoms with Gasteiger partial charge >= 0.3 is 0 Å². The third-order valence-electron chi connectivity index (χ3n) is 1.41. The molecule has 0 aliphatic heterocycles. The van der Waals surface area contributed by atoms with Crippen molar-refractivity contribution in [2.24, 2.45) is 0 Å². The Kier molecular flexibility index (Phi) is 3.20. The van der Waals surface area contributed by atoms with Gasteiger partial charge in [-0.05, 0) is 18.2 Å². The maximum Gasteiger partial charge on any atom is 0.279 e. The summed E-state index contributed by atoms with van der Waals surface area (Å²) in [7, 11) is 0. The second-order valence-electron chi connectivity index (χ2n) is 2.45. The Morgan fingerprint density at radius 2 is 1.93 bits per heavy atom. The van der Waals surface area contributed by atoms with Crippen LogP contribution >= 0.6 is 43.2 Å². The Balaban J connectivity index is 2.25. The van der Waals surface area contributed by atoms with Crippen LogP contribution in [0.3, 0.4) is 0 Å². The van der Waals surface area contributed by atoms with Crippen LogP contribution < -0.4 is 4.74 Å². The number of halogens is 2. The molecule has 5 heteroatoms. The molecule has 0 unspecified atom stereocenters. The molecule has 1 aromatic heterocycles. The fraction of sp³-hybridized carbons (Fsp3) is 0. The van der Waals surface area contributed by atoms with E-state index >= 15 is 0 Å². The van der Waals surface area contributed by atoms with Crippen LogP contribution in [0.2, 0.25) is 0 Å². The maximum absolute atomic E-state index is 5.50. The molecule has 0 amide bonds. The number of thiazole rings is 1. The monoisotopic (exact) mass is 332 g/mol. The van der Waals surface area contributed by atoms with Crippen molar-refractivity contribution in [3.05, 3.63) is 38.7 Å². The average Bonchev–Trinajstić information content (AvgIpc) is 2.54. The van der Waals surface area contributed by atoms with E-state index in [0.29, 0.717) is 5.19 Å². The van der Waals surface area contributed by atoms with E-state index in [1.807, 2.05) is 18.2 Å². The van der Waals surface area contributed by atoms with Gasteiger partial charge < -0.3 is 4.74 Å². The molecule has 0 aliphatic rings. The van der Waals surface area contributed by atoms with Gasteiger partial charge in [0.05, 0.1) is 11.6 Å².